The fourth-order valence-corrected chi connectivity index (χ4v) is 2.32. The van der Waals surface area contributed by atoms with Crippen LogP contribution in [0.5, 0.6) is 0 Å². The SMILES string of the molecule is CCOC1CCCN(Cc2ccc(N)nc2)C1. The zero-order chi connectivity index (χ0) is 12.1. The Balaban J connectivity index is 1.87. The van der Waals surface area contributed by atoms with Crippen LogP contribution < -0.4 is 5.73 Å². The first-order valence-corrected chi connectivity index (χ1v) is 6.32. The highest BCUT2D eigenvalue weighted by atomic mass is 16.5. The molecule has 2 N–H and O–H groups in total. The van der Waals surface area contributed by atoms with E-state index in [-0.39, 0.29) is 0 Å². The fourth-order valence-electron chi connectivity index (χ4n) is 2.32. The molecule has 17 heavy (non-hydrogen) atoms. The largest absolute Gasteiger partial charge is 0.384 e. The first-order chi connectivity index (χ1) is 8.28. The average molecular weight is 235 g/mol. The molecule has 1 aromatic heterocycles. The highest BCUT2D eigenvalue weighted by Gasteiger charge is 2.19. The lowest BCUT2D eigenvalue weighted by Gasteiger charge is -2.32. The molecule has 94 valence electrons. The van der Waals surface area contributed by atoms with E-state index in [0.29, 0.717) is 11.9 Å². The van der Waals surface area contributed by atoms with Crippen molar-refractivity contribution in [2.45, 2.75) is 32.4 Å². The van der Waals surface area contributed by atoms with Gasteiger partial charge in [-0.3, -0.25) is 4.90 Å². The summed E-state index contributed by atoms with van der Waals surface area (Å²) in [6.07, 6.45) is 4.66. The van der Waals surface area contributed by atoms with E-state index in [1.165, 1.54) is 18.4 Å². The smallest absolute Gasteiger partial charge is 0.123 e. The normalized spacial score (nSPS) is 21.6. The van der Waals surface area contributed by atoms with Crippen LogP contribution in [0.2, 0.25) is 0 Å². The summed E-state index contributed by atoms with van der Waals surface area (Å²) in [5.74, 6) is 0.583. The summed E-state index contributed by atoms with van der Waals surface area (Å²) in [7, 11) is 0. The predicted molar refractivity (Wildman–Crippen MR) is 68.6 cm³/mol. The van der Waals surface area contributed by atoms with Gasteiger partial charge in [0.1, 0.15) is 5.82 Å². The highest BCUT2D eigenvalue weighted by Crippen LogP contribution is 2.15. The van der Waals surface area contributed by atoms with Gasteiger partial charge in [-0.2, -0.15) is 0 Å². The minimum Gasteiger partial charge on any atom is -0.384 e. The van der Waals surface area contributed by atoms with Gasteiger partial charge in [0.2, 0.25) is 0 Å². The first kappa shape index (κ1) is 12.3. The number of nitrogen functional groups attached to an aromatic ring is 1. The number of nitrogens with two attached hydrogens (primary N) is 1. The number of pyridine rings is 1. The zero-order valence-corrected chi connectivity index (χ0v) is 10.4. The van der Waals surface area contributed by atoms with Gasteiger partial charge in [-0.05, 0) is 37.9 Å². The summed E-state index contributed by atoms with van der Waals surface area (Å²) in [6, 6.07) is 3.91. The second kappa shape index (κ2) is 5.98. The van der Waals surface area contributed by atoms with E-state index in [2.05, 4.69) is 16.8 Å². The molecule has 0 spiro atoms. The molecule has 0 amide bonds. The van der Waals surface area contributed by atoms with Crippen molar-refractivity contribution in [3.8, 4) is 0 Å². The molecule has 0 radical (unpaired) electrons. The van der Waals surface area contributed by atoms with Crippen molar-refractivity contribution in [3.63, 3.8) is 0 Å². The van der Waals surface area contributed by atoms with E-state index >= 15 is 0 Å². The number of anilines is 1. The molecule has 4 nitrogen and oxygen atoms in total. The molecular weight excluding hydrogens is 214 g/mol. The summed E-state index contributed by atoms with van der Waals surface area (Å²) >= 11 is 0. The molecule has 1 atom stereocenters. The standard InChI is InChI=1S/C13H21N3O/c1-2-17-12-4-3-7-16(10-12)9-11-5-6-13(14)15-8-11/h5-6,8,12H,2-4,7,9-10H2,1H3,(H2,14,15). The Hall–Kier alpha value is -1.13. The van der Waals surface area contributed by atoms with Gasteiger partial charge in [0.25, 0.3) is 0 Å². The summed E-state index contributed by atoms with van der Waals surface area (Å²) in [5, 5.41) is 0. The van der Waals surface area contributed by atoms with E-state index in [1.807, 2.05) is 18.3 Å². The number of nitrogens with zero attached hydrogens (tertiary/aromatic N) is 2. The van der Waals surface area contributed by atoms with Crippen molar-refractivity contribution in [3.05, 3.63) is 23.9 Å². The molecule has 0 bridgehead atoms. The quantitative estimate of drug-likeness (QED) is 0.862. The number of likely N-dealkylation sites (tertiary alicyclic amines) is 1. The fraction of sp³-hybridized carbons (Fsp3) is 0.615. The van der Waals surface area contributed by atoms with Crippen LogP contribution in [0.4, 0.5) is 5.82 Å². The molecule has 0 saturated carbocycles. The maximum Gasteiger partial charge on any atom is 0.123 e. The Bertz CT molecular complexity index is 337. The predicted octanol–water partition coefficient (Wildman–Crippen LogP) is 1.66. The number of hydrogen-bond donors (Lipinski definition) is 1. The minimum atomic E-state index is 0.399. The molecule has 0 aromatic carbocycles. The van der Waals surface area contributed by atoms with Crippen LogP contribution in [0.3, 0.4) is 0 Å². The van der Waals surface area contributed by atoms with Gasteiger partial charge in [0.05, 0.1) is 6.10 Å². The van der Waals surface area contributed by atoms with Crippen molar-refractivity contribution in [2.75, 3.05) is 25.4 Å². The number of aromatic nitrogens is 1. The molecule has 0 aliphatic carbocycles. The van der Waals surface area contributed by atoms with Gasteiger partial charge >= 0.3 is 0 Å². The van der Waals surface area contributed by atoms with Crippen molar-refractivity contribution in [1.29, 1.82) is 0 Å². The number of piperidine rings is 1. The lowest BCUT2D eigenvalue weighted by molar-refractivity contribution is 0.00361. The monoisotopic (exact) mass is 235 g/mol. The van der Waals surface area contributed by atoms with Gasteiger partial charge in [0, 0.05) is 25.9 Å². The van der Waals surface area contributed by atoms with E-state index < -0.39 is 0 Å². The first-order valence-electron chi connectivity index (χ1n) is 6.32. The number of hydrogen-bond acceptors (Lipinski definition) is 4. The summed E-state index contributed by atoms with van der Waals surface area (Å²) in [4.78, 5) is 6.55. The third-order valence-corrected chi connectivity index (χ3v) is 3.12. The average Bonchev–Trinajstić information content (AvgIpc) is 2.33. The van der Waals surface area contributed by atoms with Gasteiger partial charge in [0.15, 0.2) is 0 Å². The van der Waals surface area contributed by atoms with E-state index in [0.717, 1.165) is 26.2 Å². The molecule has 1 aromatic rings. The van der Waals surface area contributed by atoms with Crippen LogP contribution in [0.15, 0.2) is 18.3 Å². The number of rotatable bonds is 4. The molecule has 1 fully saturated rings. The van der Waals surface area contributed by atoms with Crippen LogP contribution in [0, 0.1) is 0 Å². The van der Waals surface area contributed by atoms with Crippen molar-refractivity contribution < 1.29 is 4.74 Å². The Morgan fingerprint density at radius 2 is 2.41 bits per heavy atom. The topological polar surface area (TPSA) is 51.4 Å². The number of ether oxygens (including phenoxy) is 1. The maximum absolute atomic E-state index is 5.69. The van der Waals surface area contributed by atoms with Gasteiger partial charge in [-0.15, -0.1) is 0 Å². The Morgan fingerprint density at radius 3 is 3.12 bits per heavy atom. The van der Waals surface area contributed by atoms with Gasteiger partial charge < -0.3 is 10.5 Å². The van der Waals surface area contributed by atoms with Crippen molar-refractivity contribution in [1.82, 2.24) is 9.88 Å². The van der Waals surface area contributed by atoms with Crippen LogP contribution in [0.1, 0.15) is 25.3 Å². The molecule has 2 heterocycles. The molecule has 1 saturated heterocycles. The van der Waals surface area contributed by atoms with Gasteiger partial charge in [-0.25, -0.2) is 4.98 Å². The second-order valence-electron chi connectivity index (χ2n) is 4.55. The van der Waals surface area contributed by atoms with Crippen LogP contribution in [-0.4, -0.2) is 35.7 Å². The highest BCUT2D eigenvalue weighted by molar-refractivity contribution is 5.29. The third kappa shape index (κ3) is 3.68. The van der Waals surface area contributed by atoms with Crippen LogP contribution in [-0.2, 0) is 11.3 Å². The molecular formula is C13H21N3O. The lowest BCUT2D eigenvalue weighted by atomic mass is 10.1. The molecule has 1 unspecified atom stereocenters. The minimum absolute atomic E-state index is 0.399. The zero-order valence-electron chi connectivity index (χ0n) is 10.4. The Kier molecular flexibility index (Phi) is 4.34. The summed E-state index contributed by atoms with van der Waals surface area (Å²) in [5.41, 5.74) is 6.80. The Morgan fingerprint density at radius 1 is 1.53 bits per heavy atom. The maximum atomic E-state index is 5.69. The third-order valence-electron chi connectivity index (χ3n) is 3.12. The van der Waals surface area contributed by atoms with E-state index in [4.69, 9.17) is 10.5 Å². The Labute approximate surface area is 103 Å². The van der Waals surface area contributed by atoms with Crippen molar-refractivity contribution >= 4 is 5.82 Å². The van der Waals surface area contributed by atoms with E-state index in [9.17, 15) is 0 Å². The van der Waals surface area contributed by atoms with E-state index in [1.54, 1.807) is 0 Å². The summed E-state index contributed by atoms with van der Waals surface area (Å²) in [6.45, 7) is 5.98. The lowest BCUT2D eigenvalue weighted by Crippen LogP contribution is -2.39. The molecule has 4 heteroatoms. The second-order valence-corrected chi connectivity index (χ2v) is 4.55. The van der Waals surface area contributed by atoms with Gasteiger partial charge in [-0.1, -0.05) is 6.07 Å². The van der Waals surface area contributed by atoms with Crippen LogP contribution in [0.25, 0.3) is 0 Å². The summed E-state index contributed by atoms with van der Waals surface area (Å²) < 4.78 is 5.69. The molecule has 1 aliphatic rings. The molecule has 1 aliphatic heterocycles. The van der Waals surface area contributed by atoms with Crippen LogP contribution >= 0.6 is 0 Å². The molecule has 2 rings (SSSR count). The van der Waals surface area contributed by atoms with Crippen molar-refractivity contribution in [2.24, 2.45) is 0 Å².